The van der Waals surface area contributed by atoms with E-state index in [0.717, 1.165) is 74.7 Å². The smallest absolute Gasteiger partial charge is 0.147 e. The fraction of sp³-hybridized carbons (Fsp3) is 0.448. The number of nitrogens with two attached hydrogens (primary N) is 1. The van der Waals surface area contributed by atoms with Gasteiger partial charge in [0.05, 0.1) is 42.0 Å². The second kappa shape index (κ2) is 13.2. The third kappa shape index (κ3) is 6.59. The zero-order valence-electron chi connectivity index (χ0n) is 22.5. The Kier molecular flexibility index (Phi) is 9.23. The number of pyridine rings is 2. The van der Waals surface area contributed by atoms with Gasteiger partial charge < -0.3 is 26.6 Å². The predicted molar refractivity (Wildman–Crippen MR) is 157 cm³/mol. The number of hydrogen-bond acceptors (Lipinski definition) is 11. The van der Waals surface area contributed by atoms with Crippen LogP contribution in [-0.4, -0.2) is 69.0 Å². The molecule has 1 saturated carbocycles. The van der Waals surface area contributed by atoms with Crippen molar-refractivity contribution in [3.8, 4) is 16.8 Å². The minimum Gasteiger partial charge on any atom is -0.397 e. The third-order valence-electron chi connectivity index (χ3n) is 7.60. The first-order valence-electron chi connectivity index (χ1n) is 13.8. The molecule has 0 spiro atoms. The molecule has 0 radical (unpaired) electrons. The first-order valence-corrected chi connectivity index (χ1v) is 14.6. The maximum absolute atomic E-state index is 9.62. The number of thiazole rings is 1. The van der Waals surface area contributed by atoms with Gasteiger partial charge in [0.1, 0.15) is 22.5 Å². The lowest BCUT2D eigenvalue weighted by Gasteiger charge is -2.32. The molecular formula is C29H36N8O2S. The van der Waals surface area contributed by atoms with Crippen molar-refractivity contribution in [1.29, 1.82) is 5.26 Å². The summed E-state index contributed by atoms with van der Waals surface area (Å²) in [6.45, 7) is 3.26. The maximum Gasteiger partial charge on any atom is 0.147 e. The molecule has 5 rings (SSSR count). The molecule has 0 amide bonds. The molecule has 0 bridgehead atoms. The summed E-state index contributed by atoms with van der Waals surface area (Å²) < 4.78 is 0. The van der Waals surface area contributed by atoms with Crippen LogP contribution in [-0.2, 0) is 6.54 Å². The summed E-state index contributed by atoms with van der Waals surface area (Å²) in [5, 5.41) is 36.3. The number of piperidine rings is 1. The van der Waals surface area contributed by atoms with Gasteiger partial charge in [0.25, 0.3) is 0 Å². The van der Waals surface area contributed by atoms with E-state index in [1.54, 1.807) is 23.6 Å². The standard InChI is InChI=1S/C29H36N8O2S/c30-13-23-24(31)12-26(36-28(23)35-21(17-38)18-39)27(20-4-3-5-20)33-14-19-7-10-37(11-8-19)16-22-15-34-29(40-22)25-6-1-2-9-32-25/h1-2,6,9,12,15,19,21,33,38-39H,3-5,7-8,10-11,14,16-18H2,(H3,31,35,36). The minimum atomic E-state index is -0.626. The number of anilines is 2. The Morgan fingerprint density at radius 1 is 1.20 bits per heavy atom. The van der Waals surface area contributed by atoms with E-state index in [2.05, 4.69) is 31.6 Å². The molecule has 11 heteroatoms. The van der Waals surface area contributed by atoms with E-state index in [1.165, 1.54) is 10.5 Å². The second-order valence-corrected chi connectivity index (χ2v) is 11.5. The van der Waals surface area contributed by atoms with Gasteiger partial charge in [0.15, 0.2) is 0 Å². The molecule has 4 heterocycles. The van der Waals surface area contributed by atoms with Crippen LogP contribution in [0.2, 0.25) is 0 Å². The van der Waals surface area contributed by atoms with Gasteiger partial charge in [-0.15, -0.1) is 11.3 Å². The largest absolute Gasteiger partial charge is 0.397 e. The number of likely N-dealkylation sites (tertiary alicyclic amines) is 1. The van der Waals surface area contributed by atoms with Crippen LogP contribution < -0.4 is 16.4 Å². The van der Waals surface area contributed by atoms with Crippen LogP contribution in [0.3, 0.4) is 0 Å². The zero-order chi connectivity index (χ0) is 27.9. The number of nitrogen functional groups attached to an aromatic ring is 1. The molecule has 3 aromatic rings. The van der Waals surface area contributed by atoms with Crippen LogP contribution in [0.25, 0.3) is 16.4 Å². The molecule has 1 saturated heterocycles. The third-order valence-corrected chi connectivity index (χ3v) is 8.61. The Morgan fingerprint density at radius 2 is 2.00 bits per heavy atom. The van der Waals surface area contributed by atoms with E-state index in [9.17, 15) is 15.5 Å². The molecule has 6 N–H and O–H groups in total. The number of nitriles is 1. The van der Waals surface area contributed by atoms with Gasteiger partial charge in [-0.3, -0.25) is 9.88 Å². The second-order valence-electron chi connectivity index (χ2n) is 10.4. The number of aromatic nitrogens is 3. The van der Waals surface area contributed by atoms with Crippen LogP contribution in [0.1, 0.15) is 48.2 Å². The van der Waals surface area contributed by atoms with Gasteiger partial charge in [-0.2, -0.15) is 5.26 Å². The number of nitrogens with zero attached hydrogens (tertiary/aromatic N) is 5. The van der Waals surface area contributed by atoms with E-state index in [0.29, 0.717) is 17.3 Å². The first kappa shape index (κ1) is 28.0. The van der Waals surface area contributed by atoms with Crippen LogP contribution in [0.5, 0.6) is 0 Å². The van der Waals surface area contributed by atoms with Crippen molar-refractivity contribution < 1.29 is 10.2 Å². The number of aliphatic hydroxyl groups is 2. The summed E-state index contributed by atoms with van der Waals surface area (Å²) in [5.74, 6) is 0.825. The Bertz CT molecular complexity index is 1350. The van der Waals surface area contributed by atoms with Crippen molar-refractivity contribution >= 4 is 28.5 Å². The normalized spacial score (nSPS) is 16.0. The van der Waals surface area contributed by atoms with Crippen molar-refractivity contribution in [3.63, 3.8) is 0 Å². The van der Waals surface area contributed by atoms with E-state index in [4.69, 9.17) is 10.7 Å². The summed E-state index contributed by atoms with van der Waals surface area (Å²) in [6.07, 6.45) is 9.15. The highest BCUT2D eigenvalue weighted by atomic mass is 32.1. The van der Waals surface area contributed by atoms with E-state index < -0.39 is 6.04 Å². The lowest BCUT2D eigenvalue weighted by atomic mass is 9.88. The number of allylic oxidation sites excluding steroid dienone is 1. The molecule has 1 aliphatic carbocycles. The number of aliphatic hydroxyl groups excluding tert-OH is 2. The molecule has 0 atom stereocenters. The van der Waals surface area contributed by atoms with Crippen molar-refractivity contribution in [2.45, 2.75) is 44.7 Å². The summed E-state index contributed by atoms with van der Waals surface area (Å²) in [6, 6.07) is 9.12. The van der Waals surface area contributed by atoms with Gasteiger partial charge in [-0.1, -0.05) is 6.07 Å². The minimum absolute atomic E-state index is 0.217. The van der Waals surface area contributed by atoms with Gasteiger partial charge in [0.2, 0.25) is 0 Å². The number of rotatable bonds is 11. The van der Waals surface area contributed by atoms with Crippen molar-refractivity contribution in [1.82, 2.24) is 25.2 Å². The SMILES string of the molecule is N#Cc1c(N)cc(C(NCC2CCN(Cc3cnc(-c4ccccn4)s3)CC2)=C2CCC2)nc1NC(CO)CO. The van der Waals surface area contributed by atoms with Crippen molar-refractivity contribution in [2.75, 3.05) is 43.9 Å². The molecular weight excluding hydrogens is 524 g/mol. The van der Waals surface area contributed by atoms with Gasteiger partial charge in [-0.25, -0.2) is 9.97 Å². The highest BCUT2D eigenvalue weighted by molar-refractivity contribution is 7.14. The quantitative estimate of drug-likeness (QED) is 0.236. The molecule has 0 unspecified atom stereocenters. The molecule has 10 nitrogen and oxygen atoms in total. The summed E-state index contributed by atoms with van der Waals surface area (Å²) >= 11 is 1.71. The summed E-state index contributed by atoms with van der Waals surface area (Å²) in [7, 11) is 0. The summed E-state index contributed by atoms with van der Waals surface area (Å²) in [5.41, 5.74) is 10.7. The van der Waals surface area contributed by atoms with E-state index in [1.807, 2.05) is 24.4 Å². The zero-order valence-corrected chi connectivity index (χ0v) is 23.3. The predicted octanol–water partition coefficient (Wildman–Crippen LogP) is 3.22. The summed E-state index contributed by atoms with van der Waals surface area (Å²) in [4.78, 5) is 17.5. The van der Waals surface area contributed by atoms with Crippen molar-refractivity contribution in [3.05, 3.63) is 58.4 Å². The van der Waals surface area contributed by atoms with Crippen LogP contribution in [0.15, 0.2) is 42.2 Å². The number of nitrogens with one attached hydrogen (secondary N) is 2. The molecule has 210 valence electrons. The highest BCUT2D eigenvalue weighted by Gasteiger charge is 2.24. The van der Waals surface area contributed by atoms with Gasteiger partial charge in [-0.05, 0) is 74.9 Å². The van der Waals surface area contributed by atoms with Crippen LogP contribution >= 0.6 is 11.3 Å². The lowest BCUT2D eigenvalue weighted by molar-refractivity contribution is 0.179. The fourth-order valence-corrected chi connectivity index (χ4v) is 5.99. The topological polar surface area (TPSA) is 156 Å². The maximum atomic E-state index is 9.62. The Hall–Kier alpha value is -3.56. The fourth-order valence-electron chi connectivity index (χ4n) is 5.06. The van der Waals surface area contributed by atoms with E-state index >= 15 is 0 Å². The monoisotopic (exact) mass is 560 g/mol. The molecule has 3 aromatic heterocycles. The molecule has 40 heavy (non-hydrogen) atoms. The number of hydrogen-bond donors (Lipinski definition) is 5. The Morgan fingerprint density at radius 3 is 2.65 bits per heavy atom. The average molecular weight is 561 g/mol. The van der Waals surface area contributed by atoms with Crippen molar-refractivity contribution in [2.24, 2.45) is 5.92 Å². The lowest BCUT2D eigenvalue weighted by Crippen LogP contribution is -2.36. The Balaban J connectivity index is 1.20. The molecule has 0 aromatic carbocycles. The Labute approximate surface area is 238 Å². The highest BCUT2D eigenvalue weighted by Crippen LogP contribution is 2.34. The first-order chi connectivity index (χ1) is 19.6. The average Bonchev–Trinajstić information content (AvgIpc) is 3.42. The molecule has 2 fully saturated rings. The molecule has 2 aliphatic rings. The van der Waals surface area contributed by atoms with Gasteiger partial charge in [0, 0.05) is 30.4 Å². The van der Waals surface area contributed by atoms with Crippen LogP contribution in [0, 0.1) is 17.2 Å². The van der Waals surface area contributed by atoms with E-state index in [-0.39, 0.29) is 24.6 Å². The van der Waals surface area contributed by atoms with Gasteiger partial charge >= 0.3 is 0 Å². The van der Waals surface area contributed by atoms with Crippen LogP contribution in [0.4, 0.5) is 11.5 Å². The molecule has 1 aliphatic heterocycles.